The highest BCUT2D eigenvalue weighted by Gasteiger charge is 2.19. The van der Waals surface area contributed by atoms with Gasteiger partial charge in [0, 0.05) is 29.9 Å². The zero-order chi connectivity index (χ0) is 12.7. The van der Waals surface area contributed by atoms with Gasteiger partial charge in [-0.2, -0.15) is 0 Å². The van der Waals surface area contributed by atoms with E-state index in [-0.39, 0.29) is 31.2 Å². The normalized spacial score (nSPS) is 16.5. The number of nitrogens with two attached hydrogens (primary N) is 2. The Balaban J connectivity index is 2.72. The number of aliphatic hydroxyl groups excluding tert-OH is 2. The van der Waals surface area contributed by atoms with Gasteiger partial charge in [0.25, 0.3) is 0 Å². The molecule has 17 heavy (non-hydrogen) atoms. The molecule has 0 bridgehead atoms. The van der Waals surface area contributed by atoms with Crippen molar-refractivity contribution < 1.29 is 10.2 Å². The molecule has 0 aliphatic carbocycles. The maximum absolute atomic E-state index is 9.00. The lowest BCUT2D eigenvalue weighted by molar-refractivity contribution is 0.234. The van der Waals surface area contributed by atoms with Crippen molar-refractivity contribution in [2.24, 2.45) is 11.5 Å². The highest BCUT2D eigenvalue weighted by atomic mass is 16.3. The molecule has 0 radical (unpaired) electrons. The van der Waals surface area contributed by atoms with Gasteiger partial charge in [-0.15, -0.1) is 0 Å². The lowest BCUT2D eigenvalue weighted by Crippen LogP contribution is -2.31. The Hall–Kier alpha value is -1.01. The van der Waals surface area contributed by atoms with Crippen LogP contribution in [0.3, 0.4) is 0 Å². The molecule has 0 aromatic carbocycles. The Bertz CT molecular complexity index is 296. The first kappa shape index (κ1) is 14.1. The van der Waals surface area contributed by atoms with E-state index < -0.39 is 0 Å². The van der Waals surface area contributed by atoms with E-state index in [0.29, 0.717) is 12.8 Å². The minimum Gasteiger partial charge on any atom is -0.395 e. The molecule has 2 atom stereocenters. The predicted octanol–water partition coefficient (Wildman–Crippen LogP) is -0.415. The summed E-state index contributed by atoms with van der Waals surface area (Å²) in [6.07, 6.45) is 2.94. The smallest absolute Gasteiger partial charge is 0.0582 e. The van der Waals surface area contributed by atoms with Crippen LogP contribution < -0.4 is 11.5 Å². The number of aromatic nitrogens is 1. The van der Waals surface area contributed by atoms with Crippen LogP contribution in [0.2, 0.25) is 0 Å². The number of pyridine rings is 1. The van der Waals surface area contributed by atoms with E-state index in [1.54, 1.807) is 6.20 Å². The van der Waals surface area contributed by atoms with Crippen molar-refractivity contribution in [2.45, 2.75) is 30.8 Å². The summed E-state index contributed by atoms with van der Waals surface area (Å²) in [7, 11) is 0. The van der Waals surface area contributed by atoms with Gasteiger partial charge in [0.05, 0.1) is 13.2 Å². The first-order valence-corrected chi connectivity index (χ1v) is 5.81. The van der Waals surface area contributed by atoms with E-state index >= 15 is 0 Å². The Kier molecular flexibility index (Phi) is 6.07. The second kappa shape index (κ2) is 7.34. The van der Waals surface area contributed by atoms with Crippen molar-refractivity contribution in [3.05, 3.63) is 30.1 Å². The number of rotatable bonds is 7. The highest BCUT2D eigenvalue weighted by molar-refractivity contribution is 5.10. The van der Waals surface area contributed by atoms with Crippen LogP contribution in [0.5, 0.6) is 0 Å². The number of hydrogen-bond acceptors (Lipinski definition) is 5. The van der Waals surface area contributed by atoms with Crippen LogP contribution in [-0.4, -0.2) is 40.5 Å². The SMILES string of the molecule is NC(CO)CC(CC(N)CO)c1ccccn1. The van der Waals surface area contributed by atoms with Crippen molar-refractivity contribution in [3.63, 3.8) is 0 Å². The van der Waals surface area contributed by atoms with Crippen molar-refractivity contribution in [1.29, 1.82) is 0 Å². The van der Waals surface area contributed by atoms with Crippen LogP contribution in [0.15, 0.2) is 24.4 Å². The van der Waals surface area contributed by atoms with Gasteiger partial charge < -0.3 is 21.7 Å². The molecule has 96 valence electrons. The predicted molar refractivity (Wildman–Crippen MR) is 66.3 cm³/mol. The topological polar surface area (TPSA) is 105 Å². The van der Waals surface area contributed by atoms with Crippen LogP contribution in [0, 0.1) is 0 Å². The van der Waals surface area contributed by atoms with Gasteiger partial charge in [-0.05, 0) is 25.0 Å². The van der Waals surface area contributed by atoms with Crippen LogP contribution in [0.25, 0.3) is 0 Å². The van der Waals surface area contributed by atoms with Crippen LogP contribution in [0.1, 0.15) is 24.5 Å². The molecule has 2 unspecified atom stereocenters. The zero-order valence-electron chi connectivity index (χ0n) is 9.87. The highest BCUT2D eigenvalue weighted by Crippen LogP contribution is 2.23. The van der Waals surface area contributed by atoms with Crippen molar-refractivity contribution >= 4 is 0 Å². The van der Waals surface area contributed by atoms with Gasteiger partial charge in [0.2, 0.25) is 0 Å². The second-order valence-electron chi connectivity index (χ2n) is 4.31. The van der Waals surface area contributed by atoms with E-state index in [4.69, 9.17) is 21.7 Å². The number of nitrogens with zero attached hydrogens (tertiary/aromatic N) is 1. The lowest BCUT2D eigenvalue weighted by atomic mass is 9.90. The number of aliphatic hydroxyl groups is 2. The maximum Gasteiger partial charge on any atom is 0.0582 e. The van der Waals surface area contributed by atoms with E-state index in [1.807, 2.05) is 18.2 Å². The molecule has 0 aliphatic rings. The molecule has 5 heteroatoms. The fourth-order valence-electron chi connectivity index (χ4n) is 1.84. The largest absolute Gasteiger partial charge is 0.395 e. The maximum atomic E-state index is 9.00. The minimum atomic E-state index is -0.284. The third-order valence-electron chi connectivity index (χ3n) is 2.75. The van der Waals surface area contributed by atoms with Gasteiger partial charge in [-0.1, -0.05) is 6.07 Å². The fraction of sp³-hybridized carbons (Fsp3) is 0.583. The van der Waals surface area contributed by atoms with Crippen molar-refractivity contribution in [3.8, 4) is 0 Å². The average Bonchev–Trinajstić information content (AvgIpc) is 2.38. The summed E-state index contributed by atoms with van der Waals surface area (Å²) >= 11 is 0. The molecule has 0 aliphatic heterocycles. The molecular formula is C12H21N3O2. The summed E-state index contributed by atoms with van der Waals surface area (Å²) in [6.45, 7) is -0.116. The fourth-order valence-corrected chi connectivity index (χ4v) is 1.84. The third kappa shape index (κ3) is 4.79. The van der Waals surface area contributed by atoms with Crippen LogP contribution in [-0.2, 0) is 0 Å². The molecule has 1 aromatic rings. The van der Waals surface area contributed by atoms with Crippen LogP contribution >= 0.6 is 0 Å². The first-order chi connectivity index (χ1) is 8.17. The van der Waals surface area contributed by atoms with Crippen LogP contribution in [0.4, 0.5) is 0 Å². The van der Waals surface area contributed by atoms with Gasteiger partial charge in [0.1, 0.15) is 0 Å². The molecule has 5 nitrogen and oxygen atoms in total. The summed E-state index contributed by atoms with van der Waals surface area (Å²) in [5.41, 5.74) is 12.4. The number of hydrogen-bond donors (Lipinski definition) is 4. The van der Waals surface area contributed by atoms with E-state index in [9.17, 15) is 0 Å². The Morgan fingerprint density at radius 2 is 1.65 bits per heavy atom. The summed E-state index contributed by atoms with van der Waals surface area (Å²) < 4.78 is 0. The molecule has 0 spiro atoms. The molecule has 0 saturated heterocycles. The molecule has 0 amide bonds. The van der Waals surface area contributed by atoms with Gasteiger partial charge in [-0.25, -0.2) is 0 Å². The molecule has 0 fully saturated rings. The standard InChI is InChI=1S/C12H21N3O2/c13-10(7-16)5-9(6-11(14)8-17)12-3-1-2-4-15-12/h1-4,9-11,16-17H,5-8,13-14H2. The minimum absolute atomic E-state index is 0.0578. The summed E-state index contributed by atoms with van der Waals surface area (Å²) in [6, 6.07) is 5.10. The molecule has 0 saturated carbocycles. The second-order valence-corrected chi connectivity index (χ2v) is 4.31. The van der Waals surface area contributed by atoms with E-state index in [0.717, 1.165) is 5.69 Å². The van der Waals surface area contributed by atoms with Gasteiger partial charge in [0.15, 0.2) is 0 Å². The molecule has 1 aromatic heterocycles. The van der Waals surface area contributed by atoms with Gasteiger partial charge in [-0.3, -0.25) is 4.98 Å². The average molecular weight is 239 g/mol. The third-order valence-corrected chi connectivity index (χ3v) is 2.75. The quantitative estimate of drug-likeness (QED) is 0.517. The summed E-state index contributed by atoms with van der Waals surface area (Å²) in [5.74, 6) is 0.0699. The Morgan fingerprint density at radius 1 is 1.06 bits per heavy atom. The summed E-state index contributed by atoms with van der Waals surface area (Å²) in [4.78, 5) is 4.28. The van der Waals surface area contributed by atoms with Gasteiger partial charge >= 0.3 is 0 Å². The Morgan fingerprint density at radius 3 is 2.06 bits per heavy atom. The first-order valence-electron chi connectivity index (χ1n) is 5.81. The Labute approximate surface area is 101 Å². The van der Waals surface area contributed by atoms with E-state index in [2.05, 4.69) is 4.98 Å². The van der Waals surface area contributed by atoms with Crippen molar-refractivity contribution in [1.82, 2.24) is 4.98 Å². The summed E-state index contributed by atoms with van der Waals surface area (Å²) in [5, 5.41) is 18.0. The molecule has 1 heterocycles. The van der Waals surface area contributed by atoms with Crippen molar-refractivity contribution in [2.75, 3.05) is 13.2 Å². The lowest BCUT2D eigenvalue weighted by Gasteiger charge is -2.21. The molecular weight excluding hydrogens is 218 g/mol. The monoisotopic (exact) mass is 239 g/mol. The molecule has 1 rings (SSSR count). The molecule has 6 N–H and O–H groups in total. The zero-order valence-corrected chi connectivity index (χ0v) is 9.87. The van der Waals surface area contributed by atoms with E-state index in [1.165, 1.54) is 0 Å².